The fourth-order valence-corrected chi connectivity index (χ4v) is 3.39. The van der Waals surface area contributed by atoms with Crippen LogP contribution in [-0.4, -0.2) is 37.6 Å². The molecule has 0 aromatic heterocycles. The molecule has 2 aromatic carbocycles. The number of rotatable bonds is 6. The fraction of sp³-hybridized carbons (Fsp3) is 0.375. The maximum atomic E-state index is 12.1. The molecular weight excluding hydrogens is 350 g/mol. The Labute approximate surface area is 167 Å². The number of fused-ring (bicyclic) bond motifs is 2. The summed E-state index contributed by atoms with van der Waals surface area (Å²) in [6.45, 7) is 5.25. The van der Waals surface area contributed by atoms with Crippen molar-refractivity contribution in [1.29, 1.82) is 0 Å². The molecule has 28 heavy (non-hydrogen) atoms. The van der Waals surface area contributed by atoms with Gasteiger partial charge < -0.3 is 14.4 Å². The first kappa shape index (κ1) is 20.2. The quantitative estimate of drug-likeness (QED) is 0.695. The third kappa shape index (κ3) is 5.02. The second-order valence-corrected chi connectivity index (χ2v) is 7.70. The zero-order valence-corrected chi connectivity index (χ0v) is 17.2. The molecule has 0 aliphatic carbocycles. The summed E-state index contributed by atoms with van der Waals surface area (Å²) in [5, 5.41) is 0. The zero-order valence-electron chi connectivity index (χ0n) is 17.2. The summed E-state index contributed by atoms with van der Waals surface area (Å²) in [6, 6.07) is 14.4. The van der Waals surface area contributed by atoms with E-state index in [1.165, 1.54) is 16.7 Å². The highest BCUT2D eigenvalue weighted by Gasteiger charge is 2.20. The van der Waals surface area contributed by atoms with E-state index in [0.717, 1.165) is 29.8 Å². The number of carbonyl (C=O) groups excluding carboxylic acids is 1. The fourth-order valence-electron chi connectivity index (χ4n) is 3.39. The van der Waals surface area contributed by atoms with Crippen molar-refractivity contribution < 1.29 is 14.3 Å². The molecule has 2 aromatic rings. The van der Waals surface area contributed by atoms with Gasteiger partial charge in [-0.05, 0) is 68.8 Å². The van der Waals surface area contributed by atoms with Crippen molar-refractivity contribution in [2.75, 3.05) is 20.6 Å². The standard InChI is InChI=1S/C24H29NO3/c1-17(2)28-24(26)15-18-11-12-23-22(14-18)21(10-7-13-25(3)4)20-9-6-5-8-19(20)16-27-23/h5-6,8-12,14,17H,7,13,15-16H2,1-4H3/b21-10+. The molecule has 0 atom stereocenters. The van der Waals surface area contributed by atoms with Gasteiger partial charge in [-0.3, -0.25) is 4.79 Å². The monoisotopic (exact) mass is 379 g/mol. The van der Waals surface area contributed by atoms with Gasteiger partial charge in [0.2, 0.25) is 0 Å². The molecule has 3 rings (SSSR count). The second-order valence-electron chi connectivity index (χ2n) is 7.70. The van der Waals surface area contributed by atoms with Crippen molar-refractivity contribution in [3.63, 3.8) is 0 Å². The van der Waals surface area contributed by atoms with E-state index in [2.05, 4.69) is 49.3 Å². The van der Waals surface area contributed by atoms with Crippen molar-refractivity contribution in [2.24, 2.45) is 0 Å². The van der Waals surface area contributed by atoms with Gasteiger partial charge in [0.15, 0.2) is 0 Å². The van der Waals surface area contributed by atoms with Gasteiger partial charge in [0, 0.05) is 12.1 Å². The minimum absolute atomic E-state index is 0.106. The van der Waals surface area contributed by atoms with Crippen LogP contribution in [0, 0.1) is 0 Å². The second kappa shape index (κ2) is 9.07. The Balaban J connectivity index is 1.98. The first-order valence-electron chi connectivity index (χ1n) is 9.83. The smallest absolute Gasteiger partial charge is 0.310 e. The normalized spacial score (nSPS) is 14.4. The first-order valence-corrected chi connectivity index (χ1v) is 9.83. The Morgan fingerprint density at radius 2 is 1.96 bits per heavy atom. The molecule has 0 saturated carbocycles. The van der Waals surface area contributed by atoms with Crippen molar-refractivity contribution in [3.8, 4) is 5.75 Å². The van der Waals surface area contributed by atoms with Crippen LogP contribution in [-0.2, 0) is 22.6 Å². The van der Waals surface area contributed by atoms with E-state index in [1.54, 1.807) is 0 Å². The number of esters is 1. The molecule has 0 fully saturated rings. The Morgan fingerprint density at radius 1 is 1.18 bits per heavy atom. The van der Waals surface area contributed by atoms with Crippen LogP contribution < -0.4 is 4.74 Å². The molecule has 0 saturated heterocycles. The largest absolute Gasteiger partial charge is 0.488 e. The van der Waals surface area contributed by atoms with E-state index in [4.69, 9.17) is 9.47 Å². The minimum atomic E-state index is -0.206. The third-order valence-corrected chi connectivity index (χ3v) is 4.67. The molecule has 0 N–H and O–H groups in total. The number of hydrogen-bond acceptors (Lipinski definition) is 4. The highest BCUT2D eigenvalue weighted by Crippen LogP contribution is 2.37. The van der Waals surface area contributed by atoms with Gasteiger partial charge in [-0.2, -0.15) is 0 Å². The van der Waals surface area contributed by atoms with Crippen molar-refractivity contribution in [3.05, 3.63) is 70.8 Å². The third-order valence-electron chi connectivity index (χ3n) is 4.67. The van der Waals surface area contributed by atoms with Crippen molar-refractivity contribution >= 4 is 11.5 Å². The lowest BCUT2D eigenvalue weighted by Gasteiger charge is -2.14. The number of hydrogen-bond donors (Lipinski definition) is 0. The van der Waals surface area contributed by atoms with E-state index >= 15 is 0 Å². The van der Waals surface area contributed by atoms with E-state index in [-0.39, 0.29) is 18.5 Å². The van der Waals surface area contributed by atoms with Crippen LogP contribution in [0.2, 0.25) is 0 Å². The average Bonchev–Trinajstić information content (AvgIpc) is 2.78. The number of benzene rings is 2. The van der Waals surface area contributed by atoms with Crippen LogP contribution in [0.15, 0.2) is 48.5 Å². The summed E-state index contributed by atoms with van der Waals surface area (Å²) in [5.74, 6) is 0.649. The van der Waals surface area contributed by atoms with Gasteiger partial charge in [0.05, 0.1) is 12.5 Å². The van der Waals surface area contributed by atoms with Crippen molar-refractivity contribution in [2.45, 2.75) is 39.4 Å². The van der Waals surface area contributed by atoms with E-state index in [1.807, 2.05) is 32.0 Å². The Kier molecular flexibility index (Phi) is 6.53. The van der Waals surface area contributed by atoms with Gasteiger partial charge in [-0.15, -0.1) is 0 Å². The molecule has 0 unspecified atom stereocenters. The Bertz CT molecular complexity index is 868. The van der Waals surface area contributed by atoms with Gasteiger partial charge in [0.1, 0.15) is 12.4 Å². The SMILES string of the molecule is CC(C)OC(=O)Cc1ccc2c(c1)/C(=C/CCN(C)C)c1ccccc1CO2. The molecule has 0 amide bonds. The maximum absolute atomic E-state index is 12.1. The number of ether oxygens (including phenoxy) is 2. The Hall–Kier alpha value is -2.59. The van der Waals surface area contributed by atoms with Crippen LogP contribution in [0.1, 0.15) is 42.5 Å². The summed E-state index contributed by atoms with van der Waals surface area (Å²) in [6.07, 6.45) is 3.38. The summed E-state index contributed by atoms with van der Waals surface area (Å²) in [5.41, 5.74) is 5.52. The van der Waals surface area contributed by atoms with Crippen LogP contribution in [0.5, 0.6) is 5.75 Å². The summed E-state index contributed by atoms with van der Waals surface area (Å²) in [4.78, 5) is 14.3. The molecule has 4 nitrogen and oxygen atoms in total. The first-order chi connectivity index (χ1) is 13.4. The maximum Gasteiger partial charge on any atom is 0.310 e. The zero-order chi connectivity index (χ0) is 20.1. The van der Waals surface area contributed by atoms with Crippen LogP contribution in [0.25, 0.3) is 5.57 Å². The highest BCUT2D eigenvalue weighted by molar-refractivity contribution is 5.85. The molecule has 1 heterocycles. The molecule has 0 radical (unpaired) electrons. The molecule has 0 spiro atoms. The van der Waals surface area contributed by atoms with Gasteiger partial charge in [0.25, 0.3) is 0 Å². The van der Waals surface area contributed by atoms with Crippen molar-refractivity contribution in [1.82, 2.24) is 4.90 Å². The molecular formula is C24H29NO3. The van der Waals surface area contributed by atoms with E-state index < -0.39 is 0 Å². The van der Waals surface area contributed by atoms with Gasteiger partial charge >= 0.3 is 5.97 Å². The van der Waals surface area contributed by atoms with E-state index in [9.17, 15) is 4.79 Å². The summed E-state index contributed by atoms with van der Waals surface area (Å²) < 4.78 is 11.4. The lowest BCUT2D eigenvalue weighted by Crippen LogP contribution is -2.13. The minimum Gasteiger partial charge on any atom is -0.488 e. The molecule has 4 heteroatoms. The van der Waals surface area contributed by atoms with Gasteiger partial charge in [-0.1, -0.05) is 36.4 Å². The summed E-state index contributed by atoms with van der Waals surface area (Å²) >= 11 is 0. The number of nitrogens with zero attached hydrogens (tertiary/aromatic N) is 1. The molecule has 1 aliphatic heterocycles. The van der Waals surface area contributed by atoms with Crippen LogP contribution >= 0.6 is 0 Å². The lowest BCUT2D eigenvalue weighted by atomic mass is 9.92. The van der Waals surface area contributed by atoms with Gasteiger partial charge in [-0.25, -0.2) is 0 Å². The van der Waals surface area contributed by atoms with Crippen LogP contribution in [0.4, 0.5) is 0 Å². The molecule has 1 aliphatic rings. The highest BCUT2D eigenvalue weighted by atomic mass is 16.5. The predicted molar refractivity (Wildman–Crippen MR) is 112 cm³/mol. The molecule has 148 valence electrons. The number of carbonyl (C=O) groups is 1. The Morgan fingerprint density at radius 3 is 2.71 bits per heavy atom. The topological polar surface area (TPSA) is 38.8 Å². The summed E-state index contributed by atoms with van der Waals surface area (Å²) in [7, 11) is 4.16. The average molecular weight is 380 g/mol. The lowest BCUT2D eigenvalue weighted by molar-refractivity contribution is -0.146. The molecule has 0 bridgehead atoms. The van der Waals surface area contributed by atoms with Crippen LogP contribution in [0.3, 0.4) is 0 Å². The predicted octanol–water partition coefficient (Wildman–Crippen LogP) is 4.46. The van der Waals surface area contributed by atoms with E-state index in [0.29, 0.717) is 6.61 Å².